The van der Waals surface area contributed by atoms with Crippen LogP contribution in [0.25, 0.3) is 11.6 Å². The Kier molecular flexibility index (Phi) is 5.92. The topological polar surface area (TPSA) is 78.0 Å². The summed E-state index contributed by atoms with van der Waals surface area (Å²) in [6.45, 7) is 7.46. The maximum atomic E-state index is 13.0. The Bertz CT molecular complexity index is 1090. The zero-order chi connectivity index (χ0) is 22.9. The Morgan fingerprint density at radius 2 is 1.91 bits per heavy atom. The summed E-state index contributed by atoms with van der Waals surface area (Å²) < 4.78 is 2.00. The monoisotopic (exact) mass is 444 g/mol. The molecule has 2 fully saturated rings. The van der Waals surface area contributed by atoms with Crippen molar-refractivity contribution in [2.75, 3.05) is 31.1 Å². The molecule has 0 bridgehead atoms. The van der Waals surface area contributed by atoms with Gasteiger partial charge < -0.3 is 9.80 Å². The number of aromatic nitrogens is 3. The molecule has 3 heterocycles. The number of nitrogens with zero attached hydrogens (tertiary/aromatic N) is 6. The van der Waals surface area contributed by atoms with Gasteiger partial charge in [-0.15, -0.1) is 0 Å². The Balaban J connectivity index is 1.25. The molecule has 7 nitrogen and oxygen atoms in total. The Morgan fingerprint density at radius 3 is 2.58 bits per heavy atom. The molecule has 1 aliphatic heterocycles. The fraction of sp³-hybridized carbons (Fsp3) is 0.538. The van der Waals surface area contributed by atoms with E-state index < -0.39 is 0 Å². The first kappa shape index (κ1) is 21.7. The highest BCUT2D eigenvalue weighted by atomic mass is 16.2. The van der Waals surface area contributed by atoms with Crippen LogP contribution in [0, 0.1) is 23.2 Å². The van der Waals surface area contributed by atoms with Gasteiger partial charge in [0, 0.05) is 79.7 Å². The number of piperazine rings is 1. The number of amides is 1. The van der Waals surface area contributed by atoms with Gasteiger partial charge in [0.25, 0.3) is 0 Å². The van der Waals surface area contributed by atoms with Crippen LogP contribution in [-0.2, 0) is 11.2 Å². The summed E-state index contributed by atoms with van der Waals surface area (Å²) in [6, 6.07) is 4.81. The summed E-state index contributed by atoms with van der Waals surface area (Å²) in [5.74, 6) is 0.524. The van der Waals surface area contributed by atoms with E-state index in [1.807, 2.05) is 22.0 Å². The summed E-state index contributed by atoms with van der Waals surface area (Å²) in [5.41, 5.74) is 5.97. The van der Waals surface area contributed by atoms with E-state index in [1.54, 1.807) is 0 Å². The number of fused-ring (bicyclic) bond motifs is 1. The van der Waals surface area contributed by atoms with Gasteiger partial charge in [0.05, 0.1) is 18.0 Å². The molecule has 0 N–H and O–H groups in total. The number of carbonyl (C=O) groups excluding carboxylic acids is 1. The predicted octanol–water partition coefficient (Wildman–Crippen LogP) is 3.93. The highest BCUT2D eigenvalue weighted by Gasteiger charge is 2.32. The number of hydrogen-bond acceptors (Lipinski definition) is 5. The summed E-state index contributed by atoms with van der Waals surface area (Å²) in [4.78, 5) is 22.1. The first-order valence-electron chi connectivity index (χ1n) is 12.2. The molecule has 0 radical (unpaired) electrons. The second-order valence-electron chi connectivity index (χ2n) is 9.83. The molecule has 2 aliphatic carbocycles. The maximum absolute atomic E-state index is 13.0. The smallest absolute Gasteiger partial charge is 0.225 e. The number of allylic oxidation sites excluding steroid dienone is 1. The van der Waals surface area contributed by atoms with Gasteiger partial charge in [-0.25, -0.2) is 0 Å². The Hall–Kier alpha value is -3.14. The van der Waals surface area contributed by atoms with E-state index >= 15 is 0 Å². The van der Waals surface area contributed by atoms with Gasteiger partial charge in [-0.3, -0.25) is 14.5 Å². The zero-order valence-corrected chi connectivity index (χ0v) is 19.6. The average Bonchev–Trinajstić information content (AvgIpc) is 3.51. The van der Waals surface area contributed by atoms with Crippen molar-refractivity contribution in [3.8, 4) is 6.07 Å². The van der Waals surface area contributed by atoms with Crippen LogP contribution in [0.3, 0.4) is 0 Å². The third-order valence-electron chi connectivity index (χ3n) is 7.42. The van der Waals surface area contributed by atoms with E-state index in [0.29, 0.717) is 6.04 Å². The quantitative estimate of drug-likeness (QED) is 0.714. The van der Waals surface area contributed by atoms with E-state index in [1.165, 1.54) is 16.8 Å². The van der Waals surface area contributed by atoms with E-state index in [9.17, 15) is 4.79 Å². The van der Waals surface area contributed by atoms with Crippen LogP contribution < -0.4 is 4.90 Å². The minimum atomic E-state index is 0.101. The van der Waals surface area contributed by atoms with Crippen LogP contribution in [0.1, 0.15) is 62.4 Å². The number of anilines is 1. The van der Waals surface area contributed by atoms with E-state index in [4.69, 9.17) is 5.26 Å². The third-order valence-corrected chi connectivity index (χ3v) is 7.42. The van der Waals surface area contributed by atoms with Crippen LogP contribution in [0.2, 0.25) is 0 Å². The minimum Gasteiger partial charge on any atom is -0.367 e. The number of pyridine rings is 1. The van der Waals surface area contributed by atoms with Crippen molar-refractivity contribution < 1.29 is 4.79 Å². The number of rotatable bonds is 4. The van der Waals surface area contributed by atoms with Crippen molar-refractivity contribution in [2.24, 2.45) is 11.8 Å². The fourth-order valence-electron chi connectivity index (χ4n) is 5.35. The SMILES string of the molecule is CC(C)n1cc(C2=Cc3c(N4CCN(C(=O)C5CCC(C#N)CC5)CC4)ccnc3C2)cn1. The first-order valence-corrected chi connectivity index (χ1v) is 12.2. The molecular weight excluding hydrogens is 412 g/mol. The van der Waals surface area contributed by atoms with Crippen LogP contribution in [-0.4, -0.2) is 51.8 Å². The standard InChI is InChI=1S/C26H32N6O/c1-18(2)32-17-22(16-29-32)21-13-23-24(14-21)28-8-7-25(23)30-9-11-31(12-10-30)26(33)20-5-3-19(15-27)4-6-20/h7-8,13,16-20H,3-6,9-12,14H2,1-2H3. The van der Waals surface area contributed by atoms with Gasteiger partial charge in [0.2, 0.25) is 5.91 Å². The second-order valence-corrected chi connectivity index (χ2v) is 9.83. The minimum absolute atomic E-state index is 0.101. The number of nitriles is 1. The second kappa shape index (κ2) is 9.01. The molecule has 0 unspecified atom stereocenters. The predicted molar refractivity (Wildman–Crippen MR) is 128 cm³/mol. The third kappa shape index (κ3) is 4.27. The van der Waals surface area contributed by atoms with Crippen molar-refractivity contribution in [1.82, 2.24) is 19.7 Å². The van der Waals surface area contributed by atoms with Crippen LogP contribution in [0.4, 0.5) is 5.69 Å². The molecule has 33 heavy (non-hydrogen) atoms. The highest BCUT2D eigenvalue weighted by Crippen LogP contribution is 2.37. The molecule has 3 aliphatic rings. The summed E-state index contributed by atoms with van der Waals surface area (Å²) >= 11 is 0. The van der Waals surface area contributed by atoms with Gasteiger partial charge in [-0.05, 0) is 57.2 Å². The van der Waals surface area contributed by atoms with Crippen molar-refractivity contribution in [1.29, 1.82) is 5.26 Å². The molecule has 0 atom stereocenters. The lowest BCUT2D eigenvalue weighted by molar-refractivity contribution is -0.137. The Morgan fingerprint density at radius 1 is 1.15 bits per heavy atom. The molecule has 2 aromatic rings. The van der Waals surface area contributed by atoms with E-state index in [0.717, 1.165) is 69.5 Å². The number of hydrogen-bond donors (Lipinski definition) is 0. The van der Waals surface area contributed by atoms with Gasteiger partial charge in [-0.1, -0.05) is 0 Å². The summed E-state index contributed by atoms with van der Waals surface area (Å²) in [7, 11) is 0. The van der Waals surface area contributed by atoms with Gasteiger partial charge >= 0.3 is 0 Å². The van der Waals surface area contributed by atoms with E-state index in [-0.39, 0.29) is 17.7 Å². The van der Waals surface area contributed by atoms with Gasteiger partial charge in [0.15, 0.2) is 0 Å². The average molecular weight is 445 g/mol. The molecule has 2 aromatic heterocycles. The zero-order valence-electron chi connectivity index (χ0n) is 19.6. The van der Waals surface area contributed by atoms with Crippen molar-refractivity contribution in [3.05, 3.63) is 41.5 Å². The van der Waals surface area contributed by atoms with Crippen LogP contribution >= 0.6 is 0 Å². The molecular formula is C26H32N6O. The fourth-order valence-corrected chi connectivity index (χ4v) is 5.35. The Labute approximate surface area is 195 Å². The maximum Gasteiger partial charge on any atom is 0.225 e. The molecule has 1 saturated heterocycles. The molecule has 5 rings (SSSR count). The van der Waals surface area contributed by atoms with Crippen molar-refractivity contribution >= 4 is 23.2 Å². The lowest BCUT2D eigenvalue weighted by Gasteiger charge is -2.39. The van der Waals surface area contributed by atoms with Crippen molar-refractivity contribution in [3.63, 3.8) is 0 Å². The van der Waals surface area contributed by atoms with Gasteiger partial charge in [-0.2, -0.15) is 10.4 Å². The molecule has 1 saturated carbocycles. The summed E-state index contributed by atoms with van der Waals surface area (Å²) in [6.07, 6.45) is 12.5. The first-order chi connectivity index (χ1) is 16.0. The lowest BCUT2D eigenvalue weighted by atomic mass is 9.82. The molecule has 0 aromatic carbocycles. The summed E-state index contributed by atoms with van der Waals surface area (Å²) in [5, 5.41) is 13.6. The largest absolute Gasteiger partial charge is 0.367 e. The lowest BCUT2D eigenvalue weighted by Crippen LogP contribution is -2.51. The highest BCUT2D eigenvalue weighted by molar-refractivity contribution is 5.91. The van der Waals surface area contributed by atoms with Crippen molar-refractivity contribution in [2.45, 2.75) is 52.0 Å². The van der Waals surface area contributed by atoms with Crippen LogP contribution in [0.15, 0.2) is 24.7 Å². The van der Waals surface area contributed by atoms with Crippen LogP contribution in [0.5, 0.6) is 0 Å². The number of carbonyl (C=O) groups is 1. The molecule has 1 amide bonds. The van der Waals surface area contributed by atoms with Gasteiger partial charge in [0.1, 0.15) is 0 Å². The molecule has 0 spiro atoms. The molecule has 172 valence electrons. The normalized spacial score (nSPS) is 22.8. The molecule has 7 heteroatoms. The van der Waals surface area contributed by atoms with E-state index in [2.05, 4.69) is 53.2 Å².